The zero-order chi connectivity index (χ0) is 16.4. The third kappa shape index (κ3) is 2.87. The highest BCUT2D eigenvalue weighted by atomic mass is 15.3. The molecule has 4 rings (SSSR count). The summed E-state index contributed by atoms with van der Waals surface area (Å²) in [5.74, 6) is 1.86. The van der Waals surface area contributed by atoms with Crippen molar-refractivity contribution in [2.75, 3.05) is 29.9 Å². The Morgan fingerprint density at radius 2 is 2.04 bits per heavy atom. The van der Waals surface area contributed by atoms with Gasteiger partial charge in [0.15, 0.2) is 5.82 Å². The molecule has 0 unspecified atom stereocenters. The number of rotatable bonds is 4. The summed E-state index contributed by atoms with van der Waals surface area (Å²) in [5.41, 5.74) is 1.86. The fraction of sp³-hybridized carbons (Fsp3) is 0.333. The summed E-state index contributed by atoms with van der Waals surface area (Å²) in [6, 6.07) is 12.3. The molecule has 0 amide bonds. The second-order valence-corrected chi connectivity index (χ2v) is 6.17. The Hall–Kier alpha value is -2.76. The average Bonchev–Trinajstić information content (AvgIpc) is 3.10. The van der Waals surface area contributed by atoms with Gasteiger partial charge in [-0.25, -0.2) is 4.98 Å². The lowest BCUT2D eigenvalue weighted by Crippen LogP contribution is -2.39. The van der Waals surface area contributed by atoms with Gasteiger partial charge in [-0.05, 0) is 37.1 Å². The molecule has 0 N–H and O–H groups in total. The number of likely N-dealkylation sites (N-methyl/N-ethyl adjacent to an activating group) is 1. The lowest BCUT2D eigenvalue weighted by atomic mass is 10.2. The number of hydrogen-bond acceptors (Lipinski definition) is 6. The third-order valence-electron chi connectivity index (χ3n) is 4.54. The van der Waals surface area contributed by atoms with E-state index < -0.39 is 0 Å². The Bertz CT molecular complexity index is 822. The molecule has 0 bridgehead atoms. The summed E-state index contributed by atoms with van der Waals surface area (Å²) in [7, 11) is 2.08. The standard InChI is InChI=1S/C18H20N6/c1-23(18-12-19-15-7-2-3-8-16(15)21-18)13-14-6-5-11-24(14)17-9-4-10-20-22-17/h2-4,7-10,12,14H,5-6,11,13H2,1H3/t14-/m0/s1. The number of nitrogens with zero attached hydrogens (tertiary/aromatic N) is 6. The molecule has 1 saturated heterocycles. The molecule has 24 heavy (non-hydrogen) atoms. The van der Waals surface area contributed by atoms with Gasteiger partial charge in [-0.15, -0.1) is 5.10 Å². The Labute approximate surface area is 141 Å². The first kappa shape index (κ1) is 14.8. The Morgan fingerprint density at radius 1 is 1.17 bits per heavy atom. The number of hydrogen-bond donors (Lipinski definition) is 0. The van der Waals surface area contributed by atoms with Crippen molar-refractivity contribution in [2.45, 2.75) is 18.9 Å². The van der Waals surface area contributed by atoms with Crippen LogP contribution in [0.1, 0.15) is 12.8 Å². The Balaban J connectivity index is 1.53. The van der Waals surface area contributed by atoms with Gasteiger partial charge in [0.1, 0.15) is 5.82 Å². The minimum absolute atomic E-state index is 0.417. The SMILES string of the molecule is CN(C[C@@H]1CCCN1c1cccnn1)c1cnc2ccccc2n1. The number of fused-ring (bicyclic) bond motifs is 1. The highest BCUT2D eigenvalue weighted by Gasteiger charge is 2.27. The molecule has 6 nitrogen and oxygen atoms in total. The van der Waals surface area contributed by atoms with E-state index in [2.05, 4.69) is 32.0 Å². The number of benzene rings is 1. The predicted octanol–water partition coefficient (Wildman–Crippen LogP) is 2.53. The van der Waals surface area contributed by atoms with E-state index in [1.165, 1.54) is 6.42 Å². The minimum Gasteiger partial charge on any atom is -0.356 e. The van der Waals surface area contributed by atoms with Crippen LogP contribution in [0.4, 0.5) is 11.6 Å². The molecule has 0 spiro atoms. The largest absolute Gasteiger partial charge is 0.356 e. The van der Waals surface area contributed by atoms with Gasteiger partial charge in [0, 0.05) is 32.4 Å². The smallest absolute Gasteiger partial charge is 0.151 e. The van der Waals surface area contributed by atoms with E-state index in [1.807, 2.05) is 42.6 Å². The monoisotopic (exact) mass is 320 g/mol. The van der Waals surface area contributed by atoms with E-state index >= 15 is 0 Å². The summed E-state index contributed by atoms with van der Waals surface area (Å²) < 4.78 is 0. The fourth-order valence-corrected chi connectivity index (χ4v) is 3.31. The number of para-hydroxylation sites is 2. The molecular formula is C18H20N6. The fourth-order valence-electron chi connectivity index (χ4n) is 3.31. The molecule has 0 saturated carbocycles. The van der Waals surface area contributed by atoms with Crippen molar-refractivity contribution in [1.82, 2.24) is 20.2 Å². The Morgan fingerprint density at radius 3 is 2.88 bits per heavy atom. The van der Waals surface area contributed by atoms with E-state index in [0.29, 0.717) is 6.04 Å². The van der Waals surface area contributed by atoms with Gasteiger partial charge in [-0.1, -0.05) is 12.1 Å². The summed E-state index contributed by atoms with van der Waals surface area (Å²) in [6.45, 7) is 1.92. The minimum atomic E-state index is 0.417. The van der Waals surface area contributed by atoms with Crippen LogP contribution in [0.3, 0.4) is 0 Å². The topological polar surface area (TPSA) is 58.0 Å². The zero-order valence-corrected chi connectivity index (χ0v) is 13.7. The highest BCUT2D eigenvalue weighted by molar-refractivity contribution is 5.75. The van der Waals surface area contributed by atoms with Gasteiger partial charge in [-0.2, -0.15) is 5.10 Å². The van der Waals surface area contributed by atoms with E-state index in [1.54, 1.807) is 6.20 Å². The molecule has 0 aliphatic carbocycles. The maximum Gasteiger partial charge on any atom is 0.151 e. The molecule has 1 aliphatic rings. The van der Waals surface area contributed by atoms with Crippen LogP contribution in [-0.4, -0.2) is 46.3 Å². The van der Waals surface area contributed by atoms with Gasteiger partial charge in [0.25, 0.3) is 0 Å². The van der Waals surface area contributed by atoms with Crippen molar-refractivity contribution in [3.05, 3.63) is 48.8 Å². The van der Waals surface area contributed by atoms with Crippen LogP contribution in [0.15, 0.2) is 48.8 Å². The van der Waals surface area contributed by atoms with E-state index in [4.69, 9.17) is 4.98 Å². The molecule has 6 heteroatoms. The third-order valence-corrected chi connectivity index (χ3v) is 4.54. The van der Waals surface area contributed by atoms with Gasteiger partial charge < -0.3 is 9.80 Å². The van der Waals surface area contributed by atoms with Crippen molar-refractivity contribution < 1.29 is 0 Å². The molecular weight excluding hydrogens is 300 g/mol. The van der Waals surface area contributed by atoms with Crippen molar-refractivity contribution in [2.24, 2.45) is 0 Å². The van der Waals surface area contributed by atoms with Gasteiger partial charge >= 0.3 is 0 Å². The van der Waals surface area contributed by atoms with Crippen LogP contribution >= 0.6 is 0 Å². The van der Waals surface area contributed by atoms with Crippen LogP contribution in [0.25, 0.3) is 11.0 Å². The lowest BCUT2D eigenvalue weighted by Gasteiger charge is -2.29. The number of aromatic nitrogens is 4. The van der Waals surface area contributed by atoms with Crippen molar-refractivity contribution >= 4 is 22.7 Å². The molecule has 0 radical (unpaired) electrons. The summed E-state index contributed by atoms with van der Waals surface area (Å²) >= 11 is 0. The average molecular weight is 320 g/mol. The first-order valence-corrected chi connectivity index (χ1v) is 8.28. The summed E-state index contributed by atoms with van der Waals surface area (Å²) in [4.78, 5) is 13.8. The molecule has 1 aliphatic heterocycles. The van der Waals surface area contributed by atoms with Gasteiger partial charge in [0.05, 0.1) is 17.2 Å². The maximum atomic E-state index is 4.73. The van der Waals surface area contributed by atoms with Crippen LogP contribution in [0, 0.1) is 0 Å². The van der Waals surface area contributed by atoms with Gasteiger partial charge in [0.2, 0.25) is 0 Å². The number of anilines is 2. The molecule has 2 aromatic heterocycles. The summed E-state index contributed by atoms with van der Waals surface area (Å²) in [6.07, 6.45) is 5.90. The van der Waals surface area contributed by atoms with Gasteiger partial charge in [-0.3, -0.25) is 4.98 Å². The van der Waals surface area contributed by atoms with Crippen molar-refractivity contribution in [3.63, 3.8) is 0 Å². The molecule has 122 valence electrons. The zero-order valence-electron chi connectivity index (χ0n) is 13.7. The first-order chi connectivity index (χ1) is 11.8. The maximum absolute atomic E-state index is 4.73. The summed E-state index contributed by atoms with van der Waals surface area (Å²) in [5, 5.41) is 8.27. The van der Waals surface area contributed by atoms with E-state index in [9.17, 15) is 0 Å². The first-order valence-electron chi connectivity index (χ1n) is 8.28. The molecule has 3 heterocycles. The molecule has 1 fully saturated rings. The molecule has 3 aromatic rings. The Kier molecular flexibility index (Phi) is 3.94. The molecule has 1 atom stereocenters. The van der Waals surface area contributed by atoms with Crippen LogP contribution < -0.4 is 9.80 Å². The van der Waals surface area contributed by atoms with E-state index in [-0.39, 0.29) is 0 Å². The second kappa shape index (κ2) is 6.39. The second-order valence-electron chi connectivity index (χ2n) is 6.17. The van der Waals surface area contributed by atoms with Crippen molar-refractivity contribution in [3.8, 4) is 0 Å². The predicted molar refractivity (Wildman–Crippen MR) is 95.2 cm³/mol. The van der Waals surface area contributed by atoms with Crippen LogP contribution in [-0.2, 0) is 0 Å². The highest BCUT2D eigenvalue weighted by Crippen LogP contribution is 2.24. The van der Waals surface area contributed by atoms with E-state index in [0.717, 1.165) is 42.2 Å². The van der Waals surface area contributed by atoms with Crippen LogP contribution in [0.2, 0.25) is 0 Å². The normalized spacial score (nSPS) is 17.4. The quantitative estimate of drug-likeness (QED) is 0.736. The van der Waals surface area contributed by atoms with Crippen molar-refractivity contribution in [1.29, 1.82) is 0 Å². The lowest BCUT2D eigenvalue weighted by molar-refractivity contribution is 0.643. The van der Waals surface area contributed by atoms with Crippen LogP contribution in [0.5, 0.6) is 0 Å². The molecule has 1 aromatic carbocycles.